The SMILES string of the molecule is C=Cc1[nH]ccc1F. The lowest BCUT2D eigenvalue weighted by molar-refractivity contribution is 0.627. The summed E-state index contributed by atoms with van der Waals surface area (Å²) in [7, 11) is 0. The molecule has 1 heterocycles. The fourth-order valence-corrected chi connectivity index (χ4v) is 0.520. The van der Waals surface area contributed by atoms with Crippen LogP contribution in [0.15, 0.2) is 18.8 Å². The first kappa shape index (κ1) is 5.09. The molecule has 0 spiro atoms. The van der Waals surface area contributed by atoms with E-state index in [1.165, 1.54) is 18.3 Å². The van der Waals surface area contributed by atoms with Crippen LogP contribution >= 0.6 is 0 Å². The van der Waals surface area contributed by atoms with Crippen LogP contribution in [0.5, 0.6) is 0 Å². The Kier molecular flexibility index (Phi) is 1.16. The molecule has 0 aliphatic heterocycles. The van der Waals surface area contributed by atoms with Crippen molar-refractivity contribution in [3.05, 3.63) is 30.4 Å². The highest BCUT2D eigenvalue weighted by molar-refractivity contribution is 5.42. The van der Waals surface area contributed by atoms with Crippen LogP contribution in [0, 0.1) is 5.82 Å². The molecule has 0 radical (unpaired) electrons. The van der Waals surface area contributed by atoms with Gasteiger partial charge in [0.25, 0.3) is 0 Å². The first-order valence-corrected chi connectivity index (χ1v) is 2.30. The third-order valence-corrected chi connectivity index (χ3v) is 0.930. The van der Waals surface area contributed by atoms with Crippen molar-refractivity contribution in [2.75, 3.05) is 0 Å². The van der Waals surface area contributed by atoms with Gasteiger partial charge in [0.15, 0.2) is 0 Å². The molecule has 0 saturated heterocycles. The molecule has 1 aromatic heterocycles. The molecule has 0 bridgehead atoms. The van der Waals surface area contributed by atoms with Crippen molar-refractivity contribution in [3.63, 3.8) is 0 Å². The van der Waals surface area contributed by atoms with Gasteiger partial charge in [-0.3, -0.25) is 0 Å². The molecule has 2 heteroatoms. The number of hydrogen-bond acceptors (Lipinski definition) is 0. The summed E-state index contributed by atoms with van der Waals surface area (Å²) in [4.78, 5) is 2.66. The highest BCUT2D eigenvalue weighted by Gasteiger charge is 1.93. The Morgan fingerprint density at radius 2 is 2.50 bits per heavy atom. The summed E-state index contributed by atoms with van der Waals surface area (Å²) in [5.74, 6) is -0.250. The van der Waals surface area contributed by atoms with Crippen molar-refractivity contribution in [2.24, 2.45) is 0 Å². The molecule has 1 aromatic rings. The van der Waals surface area contributed by atoms with E-state index in [0.29, 0.717) is 5.69 Å². The molecular weight excluding hydrogens is 105 g/mol. The fraction of sp³-hybridized carbons (Fsp3) is 0. The van der Waals surface area contributed by atoms with Gasteiger partial charge in [-0.05, 0) is 12.1 Å². The Hall–Kier alpha value is -1.05. The molecule has 1 N–H and O–H groups in total. The molecule has 0 atom stereocenters. The van der Waals surface area contributed by atoms with Gasteiger partial charge < -0.3 is 4.98 Å². The van der Waals surface area contributed by atoms with Gasteiger partial charge in [-0.15, -0.1) is 0 Å². The average Bonchev–Trinajstić information content (AvgIpc) is 2.14. The number of aromatic nitrogens is 1. The Bertz CT molecular complexity index is 190. The third-order valence-electron chi connectivity index (χ3n) is 0.930. The molecule has 1 rings (SSSR count). The van der Waals surface area contributed by atoms with E-state index in [9.17, 15) is 4.39 Å². The van der Waals surface area contributed by atoms with Crippen LogP contribution in [0.1, 0.15) is 5.69 Å². The van der Waals surface area contributed by atoms with Gasteiger partial charge in [0, 0.05) is 6.20 Å². The van der Waals surface area contributed by atoms with E-state index in [-0.39, 0.29) is 5.82 Å². The number of aromatic amines is 1. The van der Waals surface area contributed by atoms with Crippen molar-refractivity contribution in [3.8, 4) is 0 Å². The predicted octanol–water partition coefficient (Wildman–Crippen LogP) is 1.80. The smallest absolute Gasteiger partial charge is 0.148 e. The molecule has 0 fully saturated rings. The van der Waals surface area contributed by atoms with Crippen LogP contribution in [-0.2, 0) is 0 Å². The minimum Gasteiger partial charge on any atom is -0.359 e. The summed E-state index contributed by atoms with van der Waals surface area (Å²) in [6, 6.07) is 1.36. The van der Waals surface area contributed by atoms with Crippen LogP contribution in [0.2, 0.25) is 0 Å². The molecule has 0 aliphatic carbocycles. The minimum atomic E-state index is -0.250. The lowest BCUT2D eigenvalue weighted by Crippen LogP contribution is -1.71. The maximum Gasteiger partial charge on any atom is 0.148 e. The Morgan fingerprint density at radius 1 is 1.75 bits per heavy atom. The molecule has 8 heavy (non-hydrogen) atoms. The fourth-order valence-electron chi connectivity index (χ4n) is 0.520. The lowest BCUT2D eigenvalue weighted by atomic mass is 10.4. The van der Waals surface area contributed by atoms with Crippen molar-refractivity contribution in [1.82, 2.24) is 4.98 Å². The van der Waals surface area contributed by atoms with Crippen molar-refractivity contribution >= 4 is 6.08 Å². The van der Waals surface area contributed by atoms with Crippen LogP contribution in [0.3, 0.4) is 0 Å². The first-order chi connectivity index (χ1) is 3.84. The van der Waals surface area contributed by atoms with E-state index < -0.39 is 0 Å². The molecule has 0 aromatic carbocycles. The first-order valence-electron chi connectivity index (χ1n) is 2.30. The molecule has 0 aliphatic rings. The zero-order chi connectivity index (χ0) is 5.98. The third kappa shape index (κ3) is 0.644. The zero-order valence-corrected chi connectivity index (χ0v) is 4.32. The lowest BCUT2D eigenvalue weighted by Gasteiger charge is -1.80. The van der Waals surface area contributed by atoms with E-state index in [1.54, 1.807) is 0 Å². The van der Waals surface area contributed by atoms with Gasteiger partial charge in [0.05, 0.1) is 5.69 Å². The summed E-state index contributed by atoms with van der Waals surface area (Å²) >= 11 is 0. The number of H-pyrrole nitrogens is 1. The zero-order valence-electron chi connectivity index (χ0n) is 4.32. The van der Waals surface area contributed by atoms with Gasteiger partial charge in [0.2, 0.25) is 0 Å². The summed E-state index contributed by atoms with van der Waals surface area (Å²) in [5.41, 5.74) is 0.449. The van der Waals surface area contributed by atoms with E-state index in [1.807, 2.05) is 0 Å². The monoisotopic (exact) mass is 111 g/mol. The molecular formula is C6H6FN. The maximum atomic E-state index is 12.2. The molecule has 42 valence electrons. The van der Waals surface area contributed by atoms with Gasteiger partial charge in [-0.25, -0.2) is 4.39 Å². The highest BCUT2D eigenvalue weighted by Crippen LogP contribution is 2.03. The molecule has 0 amide bonds. The summed E-state index contributed by atoms with van der Waals surface area (Å²) in [6.07, 6.45) is 2.97. The molecule has 0 unspecified atom stereocenters. The number of hydrogen-bond donors (Lipinski definition) is 1. The number of halogens is 1. The van der Waals surface area contributed by atoms with Crippen molar-refractivity contribution < 1.29 is 4.39 Å². The topological polar surface area (TPSA) is 15.8 Å². The van der Waals surface area contributed by atoms with Gasteiger partial charge in [-0.2, -0.15) is 0 Å². The highest BCUT2D eigenvalue weighted by atomic mass is 19.1. The predicted molar refractivity (Wildman–Crippen MR) is 30.8 cm³/mol. The Balaban J connectivity index is 3.09. The van der Waals surface area contributed by atoms with Crippen molar-refractivity contribution in [2.45, 2.75) is 0 Å². The van der Waals surface area contributed by atoms with Crippen molar-refractivity contribution in [1.29, 1.82) is 0 Å². The molecule has 1 nitrogen and oxygen atoms in total. The van der Waals surface area contributed by atoms with Gasteiger partial charge >= 0.3 is 0 Å². The number of rotatable bonds is 1. The average molecular weight is 111 g/mol. The maximum absolute atomic E-state index is 12.2. The largest absolute Gasteiger partial charge is 0.359 e. The normalized spacial score (nSPS) is 9.12. The summed E-state index contributed by atoms with van der Waals surface area (Å²) < 4.78 is 12.2. The second-order valence-corrected chi connectivity index (χ2v) is 1.44. The van der Waals surface area contributed by atoms with E-state index in [0.717, 1.165) is 0 Å². The van der Waals surface area contributed by atoms with Crippen LogP contribution in [0.25, 0.3) is 6.08 Å². The standard InChI is InChI=1S/C6H6FN/c1-2-6-5(7)3-4-8-6/h2-4,8H,1H2. The summed E-state index contributed by atoms with van der Waals surface area (Å²) in [5, 5.41) is 0. The molecule has 0 saturated carbocycles. The summed E-state index contributed by atoms with van der Waals surface area (Å²) in [6.45, 7) is 3.39. The van der Waals surface area contributed by atoms with E-state index >= 15 is 0 Å². The van der Waals surface area contributed by atoms with Gasteiger partial charge in [0.1, 0.15) is 5.82 Å². The van der Waals surface area contributed by atoms with Crippen LogP contribution in [-0.4, -0.2) is 4.98 Å². The van der Waals surface area contributed by atoms with E-state index in [2.05, 4.69) is 11.6 Å². The van der Waals surface area contributed by atoms with E-state index in [4.69, 9.17) is 0 Å². The quantitative estimate of drug-likeness (QED) is 0.568. The Morgan fingerprint density at radius 3 is 2.75 bits per heavy atom. The number of nitrogens with one attached hydrogen (secondary N) is 1. The van der Waals surface area contributed by atoms with Crippen LogP contribution < -0.4 is 0 Å². The minimum absolute atomic E-state index is 0.250. The second kappa shape index (κ2) is 1.82. The second-order valence-electron chi connectivity index (χ2n) is 1.44. The van der Waals surface area contributed by atoms with Gasteiger partial charge in [-0.1, -0.05) is 6.58 Å². The van der Waals surface area contributed by atoms with Crippen LogP contribution in [0.4, 0.5) is 4.39 Å². The Labute approximate surface area is 46.8 Å².